The highest BCUT2D eigenvalue weighted by Crippen LogP contribution is 2.37. The van der Waals surface area contributed by atoms with E-state index < -0.39 is 24.0 Å². The first kappa shape index (κ1) is 20.6. The van der Waals surface area contributed by atoms with Crippen LogP contribution in [0.2, 0.25) is 5.02 Å². The maximum Gasteiger partial charge on any atom is 0.258 e. The van der Waals surface area contributed by atoms with Crippen molar-refractivity contribution in [3.05, 3.63) is 28.5 Å². The first-order valence-electron chi connectivity index (χ1n) is 5.91. The summed E-state index contributed by atoms with van der Waals surface area (Å²) in [6, 6.07) is 0.745. The molecular formula is C12H16Cl3F3N2O. The molecule has 1 atom stereocenters. The first-order valence-corrected chi connectivity index (χ1v) is 6.29. The van der Waals surface area contributed by atoms with Crippen LogP contribution >= 0.6 is 36.4 Å². The molecule has 3 nitrogen and oxygen atoms in total. The Bertz CT molecular complexity index is 460. The number of rotatable bonds is 3. The van der Waals surface area contributed by atoms with E-state index in [0.29, 0.717) is 26.2 Å². The fourth-order valence-corrected chi connectivity index (χ4v) is 2.48. The van der Waals surface area contributed by atoms with E-state index in [1.165, 1.54) is 11.0 Å². The summed E-state index contributed by atoms with van der Waals surface area (Å²) in [5.41, 5.74) is -0.165. The summed E-state index contributed by atoms with van der Waals surface area (Å²) < 4.78 is 40.0. The number of hydrogen-bond acceptors (Lipinski definition) is 3. The van der Waals surface area contributed by atoms with Gasteiger partial charge in [0.2, 0.25) is 0 Å². The number of alkyl halides is 2. The lowest BCUT2D eigenvalue weighted by molar-refractivity contribution is 0.0168. The number of halogens is 6. The Hall–Kier alpha value is -0.400. The Kier molecular flexibility index (Phi) is 8.73. The van der Waals surface area contributed by atoms with E-state index in [-0.39, 0.29) is 35.4 Å². The van der Waals surface area contributed by atoms with Crippen molar-refractivity contribution in [2.45, 2.75) is 12.5 Å². The molecule has 0 aromatic heterocycles. The number of phenolic OH excluding ortho intramolecular Hbond substituents is 1. The summed E-state index contributed by atoms with van der Waals surface area (Å²) in [7, 11) is 0. The highest BCUT2D eigenvalue weighted by atomic mass is 35.5. The Morgan fingerprint density at radius 2 is 1.76 bits per heavy atom. The normalized spacial score (nSPS) is 17.0. The summed E-state index contributed by atoms with van der Waals surface area (Å²) >= 11 is 5.68. The minimum atomic E-state index is -2.73. The van der Waals surface area contributed by atoms with Gasteiger partial charge in [0.1, 0.15) is 6.04 Å². The van der Waals surface area contributed by atoms with Crippen molar-refractivity contribution in [3.63, 3.8) is 0 Å². The number of benzene rings is 1. The molecule has 1 heterocycles. The molecule has 21 heavy (non-hydrogen) atoms. The molecule has 1 saturated heterocycles. The van der Waals surface area contributed by atoms with Crippen molar-refractivity contribution >= 4 is 36.4 Å². The van der Waals surface area contributed by atoms with Crippen LogP contribution in [0.5, 0.6) is 5.75 Å². The van der Waals surface area contributed by atoms with Gasteiger partial charge in [-0.2, -0.15) is 0 Å². The molecule has 0 unspecified atom stereocenters. The zero-order valence-corrected chi connectivity index (χ0v) is 13.2. The molecule has 0 saturated carbocycles. The Morgan fingerprint density at radius 3 is 2.29 bits per heavy atom. The molecule has 0 radical (unpaired) electrons. The van der Waals surface area contributed by atoms with E-state index in [0.717, 1.165) is 6.07 Å². The zero-order valence-electron chi connectivity index (χ0n) is 10.9. The molecule has 1 aliphatic heterocycles. The molecule has 1 aliphatic rings. The third-order valence-electron chi connectivity index (χ3n) is 3.16. The number of nitrogens with zero attached hydrogens (tertiary/aromatic N) is 1. The van der Waals surface area contributed by atoms with Gasteiger partial charge in [-0.05, 0) is 12.1 Å². The van der Waals surface area contributed by atoms with Crippen molar-refractivity contribution in [3.8, 4) is 5.75 Å². The largest absolute Gasteiger partial charge is 0.505 e. The van der Waals surface area contributed by atoms with Gasteiger partial charge in [-0.3, -0.25) is 4.90 Å². The number of piperazine rings is 1. The molecule has 2 rings (SSSR count). The van der Waals surface area contributed by atoms with Crippen LogP contribution in [0.25, 0.3) is 0 Å². The second kappa shape index (κ2) is 8.90. The SMILES string of the molecule is Cl.Cl.Oc1c(F)cc(Cl)cc1[C@H](C(F)F)N1CCNCC1. The third-order valence-corrected chi connectivity index (χ3v) is 3.38. The minimum absolute atomic E-state index is 0. The van der Waals surface area contributed by atoms with Crippen molar-refractivity contribution in [1.29, 1.82) is 0 Å². The van der Waals surface area contributed by atoms with Crippen LogP contribution in [0.4, 0.5) is 13.2 Å². The molecule has 2 N–H and O–H groups in total. The zero-order chi connectivity index (χ0) is 14.0. The van der Waals surface area contributed by atoms with E-state index in [1.54, 1.807) is 0 Å². The predicted molar refractivity (Wildman–Crippen MR) is 80.8 cm³/mol. The van der Waals surface area contributed by atoms with Gasteiger partial charge >= 0.3 is 0 Å². The van der Waals surface area contributed by atoms with Gasteiger partial charge in [-0.15, -0.1) is 24.8 Å². The summed E-state index contributed by atoms with van der Waals surface area (Å²) in [6.45, 7) is 1.96. The Labute approximate surface area is 138 Å². The molecule has 1 aromatic carbocycles. The second-order valence-electron chi connectivity index (χ2n) is 4.39. The van der Waals surface area contributed by atoms with Crippen molar-refractivity contribution < 1.29 is 18.3 Å². The summed E-state index contributed by atoms with van der Waals surface area (Å²) in [5, 5.41) is 12.7. The number of phenols is 1. The lowest BCUT2D eigenvalue weighted by atomic mass is 10.0. The van der Waals surface area contributed by atoms with Gasteiger partial charge in [-0.25, -0.2) is 13.2 Å². The summed E-state index contributed by atoms with van der Waals surface area (Å²) in [5.74, 6) is -1.74. The topological polar surface area (TPSA) is 35.5 Å². The van der Waals surface area contributed by atoms with E-state index >= 15 is 0 Å². The van der Waals surface area contributed by atoms with Crippen LogP contribution in [0.15, 0.2) is 12.1 Å². The lowest BCUT2D eigenvalue weighted by Crippen LogP contribution is -2.46. The standard InChI is InChI=1S/C12H14ClF3N2O.2ClH/c13-7-5-8(11(19)9(14)6-7)10(12(15)16)18-3-1-17-2-4-18;;/h5-6,10,12,17,19H,1-4H2;2*1H/t10-;;/m1../s1. The van der Waals surface area contributed by atoms with Gasteiger partial charge in [0.05, 0.1) is 0 Å². The predicted octanol–water partition coefficient (Wildman–Crippen LogP) is 3.24. The second-order valence-corrected chi connectivity index (χ2v) is 4.83. The average molecular weight is 368 g/mol. The molecule has 0 spiro atoms. The average Bonchev–Trinajstić information content (AvgIpc) is 2.36. The van der Waals surface area contributed by atoms with Crippen LogP contribution < -0.4 is 5.32 Å². The molecule has 122 valence electrons. The van der Waals surface area contributed by atoms with Crippen molar-refractivity contribution in [2.75, 3.05) is 26.2 Å². The van der Waals surface area contributed by atoms with Crippen LogP contribution in [-0.2, 0) is 0 Å². The van der Waals surface area contributed by atoms with E-state index in [2.05, 4.69) is 5.32 Å². The Balaban J connectivity index is 0.00000200. The maximum absolute atomic E-state index is 13.4. The van der Waals surface area contributed by atoms with Gasteiger partial charge < -0.3 is 10.4 Å². The summed E-state index contributed by atoms with van der Waals surface area (Å²) in [6.07, 6.45) is -2.73. The van der Waals surface area contributed by atoms with Crippen LogP contribution in [0, 0.1) is 5.82 Å². The van der Waals surface area contributed by atoms with E-state index in [1.807, 2.05) is 0 Å². The number of nitrogens with one attached hydrogen (secondary N) is 1. The van der Waals surface area contributed by atoms with Crippen molar-refractivity contribution in [2.24, 2.45) is 0 Å². The number of hydrogen-bond donors (Lipinski definition) is 2. The Morgan fingerprint density at radius 1 is 1.19 bits per heavy atom. The molecule has 9 heteroatoms. The highest BCUT2D eigenvalue weighted by molar-refractivity contribution is 6.30. The molecule has 0 amide bonds. The molecular weight excluding hydrogens is 351 g/mol. The third kappa shape index (κ3) is 4.79. The molecule has 0 bridgehead atoms. The molecule has 0 aliphatic carbocycles. The smallest absolute Gasteiger partial charge is 0.258 e. The van der Waals surface area contributed by atoms with Crippen LogP contribution in [-0.4, -0.2) is 42.6 Å². The quantitative estimate of drug-likeness (QED) is 0.861. The van der Waals surface area contributed by atoms with Gasteiger partial charge in [0.15, 0.2) is 11.6 Å². The monoisotopic (exact) mass is 366 g/mol. The van der Waals surface area contributed by atoms with Crippen molar-refractivity contribution in [1.82, 2.24) is 10.2 Å². The summed E-state index contributed by atoms with van der Waals surface area (Å²) in [4.78, 5) is 1.52. The molecule has 1 aromatic rings. The lowest BCUT2D eigenvalue weighted by Gasteiger charge is -2.34. The fourth-order valence-electron chi connectivity index (χ4n) is 2.26. The minimum Gasteiger partial charge on any atom is -0.505 e. The maximum atomic E-state index is 13.4. The van der Waals surface area contributed by atoms with Crippen LogP contribution in [0.3, 0.4) is 0 Å². The van der Waals surface area contributed by atoms with Crippen LogP contribution in [0.1, 0.15) is 11.6 Å². The van der Waals surface area contributed by atoms with Gasteiger partial charge in [0, 0.05) is 36.8 Å². The van der Waals surface area contributed by atoms with Gasteiger partial charge in [0.25, 0.3) is 6.43 Å². The van der Waals surface area contributed by atoms with Gasteiger partial charge in [-0.1, -0.05) is 11.6 Å². The highest BCUT2D eigenvalue weighted by Gasteiger charge is 2.33. The molecule has 1 fully saturated rings. The van der Waals surface area contributed by atoms with E-state index in [4.69, 9.17) is 11.6 Å². The first-order chi connectivity index (χ1) is 9.00. The number of aromatic hydroxyl groups is 1. The van der Waals surface area contributed by atoms with E-state index in [9.17, 15) is 18.3 Å². The fraction of sp³-hybridized carbons (Fsp3) is 0.500.